The van der Waals surface area contributed by atoms with Crippen molar-refractivity contribution in [1.29, 1.82) is 0 Å². The molecule has 5 heteroatoms. The Morgan fingerprint density at radius 1 is 1.32 bits per heavy atom. The van der Waals surface area contributed by atoms with Gasteiger partial charge in [-0.2, -0.15) is 0 Å². The van der Waals surface area contributed by atoms with Crippen molar-refractivity contribution in [2.45, 2.75) is 52.6 Å². The molecule has 0 aliphatic heterocycles. The molecule has 1 heterocycles. The minimum absolute atomic E-state index is 0.100. The SMILES string of the molecule is CC(C)CC(O)CNc1cc(Br)nc(C(C)(C)C)n1. The van der Waals surface area contributed by atoms with E-state index in [4.69, 9.17) is 0 Å². The van der Waals surface area contributed by atoms with Crippen LogP contribution in [0.2, 0.25) is 0 Å². The predicted molar refractivity (Wildman–Crippen MR) is 82.4 cm³/mol. The van der Waals surface area contributed by atoms with E-state index in [1.54, 1.807) is 0 Å². The molecule has 19 heavy (non-hydrogen) atoms. The molecule has 1 atom stereocenters. The average molecular weight is 330 g/mol. The van der Waals surface area contributed by atoms with Crippen molar-refractivity contribution in [3.05, 3.63) is 16.5 Å². The Balaban J connectivity index is 2.71. The van der Waals surface area contributed by atoms with Gasteiger partial charge < -0.3 is 10.4 Å². The van der Waals surface area contributed by atoms with Gasteiger partial charge in [0.2, 0.25) is 0 Å². The minimum atomic E-state index is -0.355. The van der Waals surface area contributed by atoms with Crippen LogP contribution in [-0.2, 0) is 5.41 Å². The fraction of sp³-hybridized carbons (Fsp3) is 0.714. The Morgan fingerprint density at radius 2 is 1.95 bits per heavy atom. The maximum Gasteiger partial charge on any atom is 0.137 e. The molecule has 1 aromatic rings. The summed E-state index contributed by atoms with van der Waals surface area (Å²) in [7, 11) is 0. The molecule has 0 aliphatic rings. The van der Waals surface area contributed by atoms with E-state index < -0.39 is 0 Å². The monoisotopic (exact) mass is 329 g/mol. The lowest BCUT2D eigenvalue weighted by Gasteiger charge is -2.19. The number of nitrogens with one attached hydrogen (secondary N) is 1. The molecule has 0 bridgehead atoms. The standard InChI is InChI=1S/C14H24BrN3O/c1-9(2)6-10(19)8-16-12-7-11(15)17-13(18-12)14(3,4)5/h7,9-10,19H,6,8H2,1-5H3,(H,16,17,18). The van der Waals surface area contributed by atoms with E-state index in [9.17, 15) is 5.11 Å². The molecule has 0 saturated carbocycles. The highest BCUT2D eigenvalue weighted by molar-refractivity contribution is 9.10. The van der Waals surface area contributed by atoms with Gasteiger partial charge in [0.05, 0.1) is 6.10 Å². The summed E-state index contributed by atoms with van der Waals surface area (Å²) >= 11 is 3.40. The third-order valence-electron chi connectivity index (χ3n) is 2.63. The Labute approximate surface area is 124 Å². The van der Waals surface area contributed by atoms with Gasteiger partial charge in [-0.1, -0.05) is 34.6 Å². The van der Waals surface area contributed by atoms with E-state index in [0.29, 0.717) is 12.5 Å². The van der Waals surface area contributed by atoms with Crippen LogP contribution >= 0.6 is 15.9 Å². The van der Waals surface area contributed by atoms with Gasteiger partial charge >= 0.3 is 0 Å². The predicted octanol–water partition coefficient (Wildman–Crippen LogP) is 3.36. The number of nitrogens with zero attached hydrogens (tertiary/aromatic N) is 2. The number of aliphatic hydroxyl groups is 1. The number of anilines is 1. The van der Waals surface area contributed by atoms with Crippen molar-refractivity contribution in [2.24, 2.45) is 5.92 Å². The van der Waals surface area contributed by atoms with Crippen LogP contribution in [0.3, 0.4) is 0 Å². The Kier molecular flexibility index (Phi) is 5.74. The molecule has 0 amide bonds. The molecule has 0 radical (unpaired) electrons. The zero-order valence-electron chi connectivity index (χ0n) is 12.4. The van der Waals surface area contributed by atoms with Crippen molar-refractivity contribution >= 4 is 21.7 Å². The van der Waals surface area contributed by atoms with Crippen LogP contribution in [0.4, 0.5) is 5.82 Å². The van der Waals surface area contributed by atoms with Gasteiger partial charge in [-0.25, -0.2) is 9.97 Å². The van der Waals surface area contributed by atoms with Crippen molar-refractivity contribution in [2.75, 3.05) is 11.9 Å². The molecule has 0 aliphatic carbocycles. The summed E-state index contributed by atoms with van der Waals surface area (Å²) in [5.74, 6) is 2.01. The van der Waals surface area contributed by atoms with E-state index in [1.807, 2.05) is 6.07 Å². The molecule has 0 spiro atoms. The number of hydrogen-bond donors (Lipinski definition) is 2. The molecule has 0 saturated heterocycles. The summed E-state index contributed by atoms with van der Waals surface area (Å²) in [4.78, 5) is 8.88. The summed E-state index contributed by atoms with van der Waals surface area (Å²) in [6.07, 6.45) is 0.428. The Hall–Kier alpha value is -0.680. The van der Waals surface area contributed by atoms with Gasteiger partial charge in [0.1, 0.15) is 16.2 Å². The first kappa shape index (κ1) is 16.4. The highest BCUT2D eigenvalue weighted by Gasteiger charge is 2.19. The number of aromatic nitrogens is 2. The van der Waals surface area contributed by atoms with Gasteiger partial charge in [0.15, 0.2) is 0 Å². The molecule has 1 aromatic heterocycles. The van der Waals surface area contributed by atoms with Gasteiger partial charge in [-0.15, -0.1) is 0 Å². The van der Waals surface area contributed by atoms with E-state index in [2.05, 4.69) is 65.8 Å². The summed E-state index contributed by atoms with van der Waals surface area (Å²) in [5.41, 5.74) is -0.100. The topological polar surface area (TPSA) is 58.0 Å². The van der Waals surface area contributed by atoms with Crippen LogP contribution < -0.4 is 5.32 Å². The Bertz CT molecular complexity index is 416. The molecule has 108 valence electrons. The smallest absolute Gasteiger partial charge is 0.137 e. The number of rotatable bonds is 5. The van der Waals surface area contributed by atoms with Gasteiger partial charge in [-0.3, -0.25) is 0 Å². The van der Waals surface area contributed by atoms with Crippen molar-refractivity contribution in [3.8, 4) is 0 Å². The summed E-state index contributed by atoms with van der Waals surface area (Å²) in [5, 5.41) is 13.0. The molecule has 1 rings (SSSR count). The zero-order chi connectivity index (χ0) is 14.6. The number of hydrogen-bond acceptors (Lipinski definition) is 4. The zero-order valence-corrected chi connectivity index (χ0v) is 14.0. The maximum atomic E-state index is 9.86. The van der Waals surface area contributed by atoms with Crippen molar-refractivity contribution in [1.82, 2.24) is 9.97 Å². The van der Waals surface area contributed by atoms with Crippen LogP contribution in [0.25, 0.3) is 0 Å². The van der Waals surface area contributed by atoms with Crippen LogP contribution in [0.5, 0.6) is 0 Å². The average Bonchev–Trinajstić information content (AvgIpc) is 2.23. The van der Waals surface area contributed by atoms with E-state index in [0.717, 1.165) is 22.7 Å². The molecule has 0 aromatic carbocycles. The third kappa shape index (κ3) is 5.87. The van der Waals surface area contributed by atoms with Crippen molar-refractivity contribution in [3.63, 3.8) is 0 Å². The van der Waals surface area contributed by atoms with Crippen LogP contribution in [0.1, 0.15) is 46.9 Å². The normalized spacial score (nSPS) is 13.7. The van der Waals surface area contributed by atoms with Gasteiger partial charge in [-0.05, 0) is 28.3 Å². The van der Waals surface area contributed by atoms with Crippen LogP contribution in [0.15, 0.2) is 10.7 Å². The Morgan fingerprint density at radius 3 is 2.47 bits per heavy atom. The summed E-state index contributed by atoms with van der Waals surface area (Å²) in [6.45, 7) is 10.9. The van der Waals surface area contributed by atoms with Gasteiger partial charge in [0, 0.05) is 18.0 Å². The lowest BCUT2D eigenvalue weighted by Crippen LogP contribution is -2.23. The molecule has 1 unspecified atom stereocenters. The minimum Gasteiger partial charge on any atom is -0.391 e. The van der Waals surface area contributed by atoms with Gasteiger partial charge in [0.25, 0.3) is 0 Å². The lowest BCUT2D eigenvalue weighted by molar-refractivity contribution is 0.161. The highest BCUT2D eigenvalue weighted by Crippen LogP contribution is 2.22. The van der Waals surface area contributed by atoms with E-state index in [-0.39, 0.29) is 11.5 Å². The second kappa shape index (κ2) is 6.66. The fourth-order valence-corrected chi connectivity index (χ4v) is 2.08. The molecule has 4 nitrogen and oxygen atoms in total. The quantitative estimate of drug-likeness (QED) is 0.813. The number of aliphatic hydroxyl groups excluding tert-OH is 1. The maximum absolute atomic E-state index is 9.86. The first-order valence-corrected chi connectivity index (χ1v) is 7.44. The van der Waals surface area contributed by atoms with Crippen molar-refractivity contribution < 1.29 is 5.11 Å². The number of halogens is 1. The molecular formula is C14H24BrN3O. The summed E-state index contributed by atoms with van der Waals surface area (Å²) in [6, 6.07) is 1.83. The summed E-state index contributed by atoms with van der Waals surface area (Å²) < 4.78 is 0.758. The molecule has 0 fully saturated rings. The second-order valence-electron chi connectivity index (χ2n) is 6.31. The van der Waals surface area contributed by atoms with E-state index >= 15 is 0 Å². The lowest BCUT2D eigenvalue weighted by atomic mass is 9.96. The molecular weight excluding hydrogens is 306 g/mol. The highest BCUT2D eigenvalue weighted by atomic mass is 79.9. The largest absolute Gasteiger partial charge is 0.391 e. The third-order valence-corrected chi connectivity index (χ3v) is 3.03. The van der Waals surface area contributed by atoms with Crippen LogP contribution in [-0.4, -0.2) is 27.7 Å². The second-order valence-corrected chi connectivity index (χ2v) is 7.13. The first-order valence-electron chi connectivity index (χ1n) is 6.65. The fourth-order valence-electron chi connectivity index (χ4n) is 1.69. The first-order chi connectivity index (χ1) is 8.68. The van der Waals surface area contributed by atoms with Crippen LogP contribution in [0, 0.1) is 5.92 Å². The molecule has 2 N–H and O–H groups in total. The van der Waals surface area contributed by atoms with E-state index in [1.165, 1.54) is 0 Å².